The van der Waals surface area contributed by atoms with Crippen molar-refractivity contribution in [2.75, 3.05) is 39.3 Å². The van der Waals surface area contributed by atoms with E-state index in [2.05, 4.69) is 24.6 Å². The average Bonchev–Trinajstić information content (AvgIpc) is 2.89. The fourth-order valence-electron chi connectivity index (χ4n) is 2.77. The first-order valence-corrected chi connectivity index (χ1v) is 8.20. The second kappa shape index (κ2) is 7.57. The number of aryl methyl sites for hydroxylation is 1. The zero-order valence-corrected chi connectivity index (χ0v) is 14.0. The third-order valence-electron chi connectivity index (χ3n) is 4.43. The van der Waals surface area contributed by atoms with E-state index in [4.69, 9.17) is 4.74 Å². The van der Waals surface area contributed by atoms with Crippen molar-refractivity contribution in [1.29, 1.82) is 0 Å². The van der Waals surface area contributed by atoms with E-state index in [1.54, 1.807) is 0 Å². The van der Waals surface area contributed by atoms with Crippen LogP contribution < -0.4 is 4.74 Å². The molecule has 0 saturated carbocycles. The third kappa shape index (κ3) is 4.30. The van der Waals surface area contributed by atoms with Gasteiger partial charge in [0.15, 0.2) is 0 Å². The molecule has 6 nitrogen and oxygen atoms in total. The summed E-state index contributed by atoms with van der Waals surface area (Å²) in [5.41, 5.74) is 0. The molecule has 124 valence electrons. The number of nitrogens with zero attached hydrogens (tertiary/aromatic N) is 5. The molecule has 0 aliphatic carbocycles. The van der Waals surface area contributed by atoms with Crippen LogP contribution in [0.15, 0.2) is 30.3 Å². The Balaban J connectivity index is 1.38. The van der Waals surface area contributed by atoms with Crippen LogP contribution in [0.25, 0.3) is 0 Å². The summed E-state index contributed by atoms with van der Waals surface area (Å²) >= 11 is 0. The van der Waals surface area contributed by atoms with Crippen molar-refractivity contribution in [3.8, 4) is 5.75 Å². The fourth-order valence-corrected chi connectivity index (χ4v) is 2.77. The van der Waals surface area contributed by atoms with Crippen LogP contribution in [0, 0.1) is 6.92 Å². The fraction of sp³-hybridized carbons (Fsp3) is 0.529. The van der Waals surface area contributed by atoms with Gasteiger partial charge in [0.1, 0.15) is 24.0 Å². The predicted molar refractivity (Wildman–Crippen MR) is 89.4 cm³/mol. The number of aromatic nitrogens is 3. The van der Waals surface area contributed by atoms with Crippen molar-refractivity contribution in [3.05, 3.63) is 42.0 Å². The van der Waals surface area contributed by atoms with Crippen molar-refractivity contribution < 1.29 is 4.74 Å². The van der Waals surface area contributed by atoms with Crippen molar-refractivity contribution >= 4 is 0 Å². The molecule has 1 fully saturated rings. The minimum atomic E-state index is 0.743. The first-order chi connectivity index (χ1) is 11.2. The van der Waals surface area contributed by atoms with Gasteiger partial charge in [-0.25, -0.2) is 0 Å². The quantitative estimate of drug-likeness (QED) is 0.804. The lowest BCUT2D eigenvalue weighted by Crippen LogP contribution is -2.47. The number of para-hydroxylation sites is 1. The minimum Gasteiger partial charge on any atom is -0.492 e. The Morgan fingerprint density at radius 1 is 1.00 bits per heavy atom. The van der Waals surface area contributed by atoms with Gasteiger partial charge in [-0.15, -0.1) is 10.2 Å². The second-order valence-corrected chi connectivity index (χ2v) is 6.00. The van der Waals surface area contributed by atoms with Crippen molar-refractivity contribution in [2.24, 2.45) is 7.05 Å². The number of benzene rings is 1. The molecule has 6 heteroatoms. The van der Waals surface area contributed by atoms with Gasteiger partial charge in [0.25, 0.3) is 0 Å². The Morgan fingerprint density at radius 2 is 1.70 bits per heavy atom. The molecule has 3 rings (SSSR count). The zero-order chi connectivity index (χ0) is 16.1. The molecule has 1 aliphatic heterocycles. The molecule has 1 saturated heterocycles. The van der Waals surface area contributed by atoms with Crippen LogP contribution >= 0.6 is 0 Å². The van der Waals surface area contributed by atoms with Gasteiger partial charge in [-0.1, -0.05) is 18.2 Å². The molecule has 0 atom stereocenters. The summed E-state index contributed by atoms with van der Waals surface area (Å²) in [5, 5.41) is 8.37. The lowest BCUT2D eigenvalue weighted by Gasteiger charge is -2.34. The number of piperazine rings is 1. The zero-order valence-electron chi connectivity index (χ0n) is 14.0. The first kappa shape index (κ1) is 16.0. The molecule has 1 aliphatic rings. The van der Waals surface area contributed by atoms with E-state index in [1.165, 1.54) is 0 Å². The van der Waals surface area contributed by atoms with Crippen molar-refractivity contribution in [3.63, 3.8) is 0 Å². The van der Waals surface area contributed by atoms with Gasteiger partial charge in [0.05, 0.1) is 6.54 Å². The summed E-state index contributed by atoms with van der Waals surface area (Å²) in [6, 6.07) is 10.0. The number of ether oxygens (including phenoxy) is 1. The summed E-state index contributed by atoms with van der Waals surface area (Å²) in [4.78, 5) is 4.90. The monoisotopic (exact) mass is 315 g/mol. The molecule has 1 aromatic carbocycles. The highest BCUT2D eigenvalue weighted by Gasteiger charge is 2.18. The van der Waals surface area contributed by atoms with Gasteiger partial charge in [-0.2, -0.15) is 0 Å². The first-order valence-electron chi connectivity index (χ1n) is 8.20. The Kier molecular flexibility index (Phi) is 5.25. The molecule has 1 aromatic heterocycles. The van der Waals surface area contributed by atoms with Crippen LogP contribution in [-0.2, 0) is 13.6 Å². The molecule has 0 radical (unpaired) electrons. The number of rotatable bonds is 6. The van der Waals surface area contributed by atoms with Gasteiger partial charge in [0, 0.05) is 39.8 Å². The largest absolute Gasteiger partial charge is 0.492 e. The maximum Gasteiger partial charge on any atom is 0.146 e. The van der Waals surface area contributed by atoms with Gasteiger partial charge in [-0.3, -0.25) is 9.80 Å². The van der Waals surface area contributed by atoms with Crippen LogP contribution in [-0.4, -0.2) is 63.9 Å². The van der Waals surface area contributed by atoms with Crippen molar-refractivity contribution in [2.45, 2.75) is 13.5 Å². The number of hydrogen-bond donors (Lipinski definition) is 0. The summed E-state index contributed by atoms with van der Waals surface area (Å²) < 4.78 is 7.84. The maximum absolute atomic E-state index is 5.77. The minimum absolute atomic E-state index is 0.743. The Bertz CT molecular complexity index is 605. The Morgan fingerprint density at radius 3 is 2.35 bits per heavy atom. The molecule has 0 N–H and O–H groups in total. The average molecular weight is 315 g/mol. The Labute approximate surface area is 137 Å². The normalized spacial score (nSPS) is 16.6. The maximum atomic E-state index is 5.77. The highest BCUT2D eigenvalue weighted by atomic mass is 16.5. The van der Waals surface area contributed by atoms with Crippen LogP contribution in [0.4, 0.5) is 0 Å². The van der Waals surface area contributed by atoms with E-state index >= 15 is 0 Å². The summed E-state index contributed by atoms with van der Waals surface area (Å²) in [5.74, 6) is 2.96. The third-order valence-corrected chi connectivity index (χ3v) is 4.43. The van der Waals surface area contributed by atoms with Crippen molar-refractivity contribution in [1.82, 2.24) is 24.6 Å². The SMILES string of the molecule is Cc1nnc(CN2CCN(CCOc3ccccc3)CC2)n1C. The summed E-state index contributed by atoms with van der Waals surface area (Å²) in [6.07, 6.45) is 0. The van der Waals surface area contributed by atoms with E-state index in [0.717, 1.165) is 63.3 Å². The summed E-state index contributed by atoms with van der Waals surface area (Å²) in [7, 11) is 2.03. The molecule has 0 spiro atoms. The van der Waals surface area contributed by atoms with Crippen LogP contribution in [0.2, 0.25) is 0 Å². The topological polar surface area (TPSA) is 46.4 Å². The van der Waals surface area contributed by atoms with Gasteiger partial charge in [0.2, 0.25) is 0 Å². The smallest absolute Gasteiger partial charge is 0.146 e. The van der Waals surface area contributed by atoms with Crippen LogP contribution in [0.3, 0.4) is 0 Å². The molecule has 2 aromatic rings. The van der Waals surface area contributed by atoms with Crippen LogP contribution in [0.5, 0.6) is 5.75 Å². The highest BCUT2D eigenvalue weighted by Crippen LogP contribution is 2.10. The second-order valence-electron chi connectivity index (χ2n) is 6.00. The van der Waals surface area contributed by atoms with E-state index < -0.39 is 0 Å². The molecule has 0 bridgehead atoms. The van der Waals surface area contributed by atoms with E-state index in [9.17, 15) is 0 Å². The highest BCUT2D eigenvalue weighted by molar-refractivity contribution is 5.20. The predicted octanol–water partition coefficient (Wildman–Crippen LogP) is 1.32. The van der Waals surface area contributed by atoms with E-state index in [-0.39, 0.29) is 0 Å². The van der Waals surface area contributed by atoms with Crippen LogP contribution in [0.1, 0.15) is 11.6 Å². The standard InChI is InChI=1S/C17H25N5O/c1-15-18-19-17(20(15)2)14-22-10-8-21(9-11-22)12-13-23-16-6-4-3-5-7-16/h3-7H,8-14H2,1-2H3. The number of hydrogen-bond acceptors (Lipinski definition) is 5. The van der Waals surface area contributed by atoms with Gasteiger partial charge >= 0.3 is 0 Å². The molecular formula is C17H25N5O. The molecular weight excluding hydrogens is 290 g/mol. The molecule has 0 amide bonds. The van der Waals surface area contributed by atoms with E-state index in [0.29, 0.717) is 0 Å². The van der Waals surface area contributed by atoms with Gasteiger partial charge < -0.3 is 9.30 Å². The Hall–Kier alpha value is -1.92. The van der Waals surface area contributed by atoms with E-state index in [1.807, 2.05) is 44.3 Å². The van der Waals surface area contributed by atoms with Gasteiger partial charge in [-0.05, 0) is 19.1 Å². The molecule has 23 heavy (non-hydrogen) atoms. The summed E-state index contributed by atoms with van der Waals surface area (Å²) in [6.45, 7) is 8.88. The molecule has 2 heterocycles. The lowest BCUT2D eigenvalue weighted by atomic mass is 10.3. The molecule has 0 unspecified atom stereocenters. The lowest BCUT2D eigenvalue weighted by molar-refractivity contribution is 0.110.